The van der Waals surface area contributed by atoms with E-state index in [9.17, 15) is 18.4 Å². The van der Waals surface area contributed by atoms with Crippen molar-refractivity contribution in [3.8, 4) is 11.5 Å². The zero-order chi connectivity index (χ0) is 23.7. The van der Waals surface area contributed by atoms with E-state index in [4.69, 9.17) is 4.74 Å². The molecule has 32 heavy (non-hydrogen) atoms. The fourth-order valence-electron chi connectivity index (χ4n) is 3.28. The second-order valence-electron chi connectivity index (χ2n) is 7.88. The van der Waals surface area contributed by atoms with Crippen molar-refractivity contribution in [3.05, 3.63) is 59.2 Å². The molecule has 2 aromatic rings. The van der Waals surface area contributed by atoms with Gasteiger partial charge in [-0.1, -0.05) is 38.1 Å². The summed E-state index contributed by atoms with van der Waals surface area (Å²) in [6.45, 7) is 3.10. The molecule has 2 amide bonds. The largest absolute Gasteiger partial charge is 0.493 e. The van der Waals surface area contributed by atoms with E-state index in [1.807, 2.05) is 32.9 Å². The number of hydrogen-bond acceptors (Lipinski definition) is 4. The van der Waals surface area contributed by atoms with Crippen molar-refractivity contribution in [2.75, 3.05) is 13.7 Å². The zero-order valence-corrected chi connectivity index (χ0v) is 18.8. The molecule has 0 saturated heterocycles. The van der Waals surface area contributed by atoms with Gasteiger partial charge >= 0.3 is 6.61 Å². The smallest absolute Gasteiger partial charge is 0.387 e. The molecular weight excluding hydrogens is 418 g/mol. The van der Waals surface area contributed by atoms with E-state index in [-0.39, 0.29) is 35.8 Å². The number of carbonyl (C=O) groups excluding carboxylic acids is 2. The zero-order valence-electron chi connectivity index (χ0n) is 18.8. The van der Waals surface area contributed by atoms with Gasteiger partial charge in [0.2, 0.25) is 5.91 Å². The molecule has 2 rings (SSSR count). The van der Waals surface area contributed by atoms with E-state index in [0.717, 1.165) is 5.56 Å². The van der Waals surface area contributed by atoms with Crippen molar-refractivity contribution in [3.63, 3.8) is 0 Å². The van der Waals surface area contributed by atoms with E-state index >= 15 is 0 Å². The molecule has 0 fully saturated rings. The van der Waals surface area contributed by atoms with Gasteiger partial charge in [-0.25, -0.2) is 0 Å². The Morgan fingerprint density at radius 2 is 1.78 bits per heavy atom. The number of nitrogens with one attached hydrogen (secondary N) is 2. The SMILES string of the molecule is COc1ccc(CCNC(=O)C(CC(C)C)NC(=O)c2ccccc2C)cc1OC(F)F. The lowest BCUT2D eigenvalue weighted by atomic mass is 10.0. The lowest BCUT2D eigenvalue weighted by Gasteiger charge is -2.21. The minimum atomic E-state index is -2.97. The van der Waals surface area contributed by atoms with Crippen LogP contribution in [0.1, 0.15) is 41.8 Å². The number of methoxy groups -OCH3 is 1. The molecule has 2 aromatic carbocycles. The van der Waals surface area contributed by atoms with Gasteiger partial charge in [-0.05, 0) is 55.0 Å². The first-order valence-electron chi connectivity index (χ1n) is 10.5. The first-order valence-corrected chi connectivity index (χ1v) is 10.5. The van der Waals surface area contributed by atoms with Gasteiger partial charge in [0.05, 0.1) is 7.11 Å². The fourth-order valence-corrected chi connectivity index (χ4v) is 3.28. The first-order chi connectivity index (χ1) is 15.2. The van der Waals surface area contributed by atoms with Gasteiger partial charge < -0.3 is 20.1 Å². The Labute approximate surface area is 187 Å². The molecule has 1 atom stereocenters. The molecule has 1 unspecified atom stereocenters. The van der Waals surface area contributed by atoms with Crippen LogP contribution in [0.15, 0.2) is 42.5 Å². The Morgan fingerprint density at radius 3 is 2.41 bits per heavy atom. The number of carbonyl (C=O) groups is 2. The number of halogens is 2. The summed E-state index contributed by atoms with van der Waals surface area (Å²) >= 11 is 0. The third-order valence-electron chi connectivity index (χ3n) is 4.88. The van der Waals surface area contributed by atoms with Gasteiger partial charge in [-0.2, -0.15) is 8.78 Å². The second-order valence-corrected chi connectivity index (χ2v) is 7.88. The topological polar surface area (TPSA) is 76.7 Å². The summed E-state index contributed by atoms with van der Waals surface area (Å²) < 4.78 is 34.7. The molecule has 6 nitrogen and oxygen atoms in total. The Balaban J connectivity index is 2.00. The molecule has 0 aliphatic heterocycles. The van der Waals surface area contributed by atoms with Crippen molar-refractivity contribution in [1.82, 2.24) is 10.6 Å². The van der Waals surface area contributed by atoms with Gasteiger partial charge in [0, 0.05) is 12.1 Å². The number of amides is 2. The maximum atomic E-state index is 12.8. The molecule has 0 bridgehead atoms. The molecule has 2 N–H and O–H groups in total. The number of hydrogen-bond donors (Lipinski definition) is 2. The van der Waals surface area contributed by atoms with Crippen molar-refractivity contribution >= 4 is 11.8 Å². The van der Waals surface area contributed by atoms with Gasteiger partial charge in [-0.3, -0.25) is 9.59 Å². The predicted molar refractivity (Wildman–Crippen MR) is 118 cm³/mol. The lowest BCUT2D eigenvalue weighted by molar-refractivity contribution is -0.123. The van der Waals surface area contributed by atoms with E-state index in [1.165, 1.54) is 13.2 Å². The van der Waals surface area contributed by atoms with Crippen molar-refractivity contribution in [2.24, 2.45) is 5.92 Å². The van der Waals surface area contributed by atoms with Gasteiger partial charge in [0.15, 0.2) is 11.5 Å². The quantitative estimate of drug-likeness (QED) is 0.543. The Morgan fingerprint density at radius 1 is 1.06 bits per heavy atom. The van der Waals surface area contributed by atoms with Crippen LogP contribution in [0, 0.1) is 12.8 Å². The van der Waals surface area contributed by atoms with Gasteiger partial charge in [-0.15, -0.1) is 0 Å². The molecular formula is C24H30F2N2O4. The average Bonchev–Trinajstić information content (AvgIpc) is 2.73. The average molecular weight is 449 g/mol. The summed E-state index contributed by atoms with van der Waals surface area (Å²) in [4.78, 5) is 25.4. The highest BCUT2D eigenvalue weighted by atomic mass is 19.3. The molecule has 0 radical (unpaired) electrons. The number of rotatable bonds is 11. The summed E-state index contributed by atoms with van der Waals surface area (Å²) in [7, 11) is 1.37. The maximum absolute atomic E-state index is 12.8. The van der Waals surface area contributed by atoms with Crippen LogP contribution in [-0.2, 0) is 11.2 Å². The van der Waals surface area contributed by atoms with Gasteiger partial charge in [0.1, 0.15) is 6.04 Å². The molecule has 0 aromatic heterocycles. The van der Waals surface area contributed by atoms with Crippen LogP contribution in [0.3, 0.4) is 0 Å². The Kier molecular flexibility index (Phi) is 9.43. The van der Waals surface area contributed by atoms with Crippen LogP contribution in [0.25, 0.3) is 0 Å². The third-order valence-corrected chi connectivity index (χ3v) is 4.88. The highest BCUT2D eigenvalue weighted by Gasteiger charge is 2.23. The van der Waals surface area contributed by atoms with Crippen LogP contribution in [0.4, 0.5) is 8.78 Å². The number of alkyl halides is 2. The molecule has 8 heteroatoms. The van der Waals surface area contributed by atoms with Crippen LogP contribution in [0.5, 0.6) is 11.5 Å². The highest BCUT2D eigenvalue weighted by Crippen LogP contribution is 2.29. The van der Waals surface area contributed by atoms with Crippen molar-refractivity contribution in [2.45, 2.75) is 46.3 Å². The van der Waals surface area contributed by atoms with Gasteiger partial charge in [0.25, 0.3) is 5.91 Å². The molecule has 0 heterocycles. The summed E-state index contributed by atoms with van der Waals surface area (Å²) in [5, 5.41) is 5.65. The molecule has 0 aliphatic rings. The third kappa shape index (κ3) is 7.51. The van der Waals surface area contributed by atoms with Crippen LogP contribution >= 0.6 is 0 Å². The Bertz CT molecular complexity index is 919. The lowest BCUT2D eigenvalue weighted by Crippen LogP contribution is -2.48. The Hall–Kier alpha value is -3.16. The second kappa shape index (κ2) is 12.0. The number of ether oxygens (including phenoxy) is 2. The fraction of sp³-hybridized carbons (Fsp3) is 0.417. The molecule has 174 valence electrons. The van der Waals surface area contributed by atoms with Crippen molar-refractivity contribution in [1.29, 1.82) is 0 Å². The molecule has 0 spiro atoms. The van der Waals surface area contributed by atoms with Crippen LogP contribution < -0.4 is 20.1 Å². The standard InChI is InChI=1S/C24H30F2N2O4/c1-15(2)13-19(28-22(29)18-8-6-5-7-16(18)3)23(30)27-12-11-17-9-10-20(31-4)21(14-17)32-24(25)26/h5-10,14-15,19,24H,11-13H2,1-4H3,(H,27,30)(H,28,29). The van der Waals surface area contributed by atoms with Crippen LogP contribution in [0.2, 0.25) is 0 Å². The predicted octanol–water partition coefficient (Wildman–Crippen LogP) is 4.11. The molecule has 0 saturated carbocycles. The normalized spacial score (nSPS) is 11.9. The number of aryl methyl sites for hydroxylation is 1. The highest BCUT2D eigenvalue weighted by molar-refractivity contribution is 5.98. The maximum Gasteiger partial charge on any atom is 0.387 e. The summed E-state index contributed by atoms with van der Waals surface area (Å²) in [6, 6.07) is 11.2. The minimum absolute atomic E-state index is 0.0606. The first kappa shape index (κ1) is 25.1. The molecule has 0 aliphatic carbocycles. The van der Waals surface area contributed by atoms with Crippen LogP contribution in [-0.4, -0.2) is 38.1 Å². The van der Waals surface area contributed by atoms with E-state index < -0.39 is 12.7 Å². The van der Waals surface area contributed by atoms with E-state index in [0.29, 0.717) is 24.0 Å². The van der Waals surface area contributed by atoms with E-state index in [1.54, 1.807) is 24.3 Å². The summed E-state index contributed by atoms with van der Waals surface area (Å²) in [6.07, 6.45) is 0.883. The van der Waals surface area contributed by atoms with E-state index in [2.05, 4.69) is 15.4 Å². The summed E-state index contributed by atoms with van der Waals surface area (Å²) in [5.41, 5.74) is 2.06. The monoisotopic (exact) mass is 448 g/mol. The summed E-state index contributed by atoms with van der Waals surface area (Å²) in [5.74, 6) is -0.256. The number of benzene rings is 2. The van der Waals surface area contributed by atoms with Crippen molar-refractivity contribution < 1.29 is 27.8 Å². The minimum Gasteiger partial charge on any atom is -0.493 e.